The van der Waals surface area contributed by atoms with Gasteiger partial charge in [0.1, 0.15) is 29.3 Å². The Morgan fingerprint density at radius 1 is 1.03 bits per heavy atom. The molecule has 1 aromatic heterocycles. The minimum atomic E-state index is -1.06. The Morgan fingerprint density at radius 3 is 2.43 bits per heavy atom. The number of halogens is 1. The molecule has 1 atom stereocenters. The number of carbonyl (C=O) groups is 1. The van der Waals surface area contributed by atoms with Crippen LogP contribution in [0.25, 0.3) is 11.3 Å². The molecule has 0 saturated carbocycles. The highest BCUT2D eigenvalue weighted by atomic mass is 32.1. The molecule has 0 unspecified atom stereocenters. The molecule has 1 aliphatic rings. The Balaban J connectivity index is 0.00000320. The van der Waals surface area contributed by atoms with Gasteiger partial charge in [0.25, 0.3) is 5.91 Å². The standard InChI is InChI=1S/C29H29FN4O2.H2S/c1-20-7-14-24(15-8-20)31-28-27(22-10-12-23(30)13-11-22)32-26-19-33(17-18-34(26)28)29(36)25(35)16-9-21-5-3-2-4-6-21;/h2-8,10-15,25,31,35H,9,16-19H2,1H3;1H2/t25-;/m0./s1. The van der Waals surface area contributed by atoms with Crippen LogP contribution in [0.15, 0.2) is 78.9 Å². The number of amides is 1. The van der Waals surface area contributed by atoms with Gasteiger partial charge in [0, 0.05) is 24.3 Å². The summed E-state index contributed by atoms with van der Waals surface area (Å²) in [7, 11) is 0. The van der Waals surface area contributed by atoms with E-state index >= 15 is 0 Å². The van der Waals surface area contributed by atoms with E-state index in [2.05, 4.69) is 9.88 Å². The van der Waals surface area contributed by atoms with Crippen LogP contribution in [-0.2, 0) is 24.3 Å². The number of aliphatic hydroxyl groups is 1. The fraction of sp³-hybridized carbons (Fsp3) is 0.241. The Kier molecular flexibility index (Phi) is 8.31. The zero-order valence-electron chi connectivity index (χ0n) is 20.7. The SMILES string of the molecule is Cc1ccc(Nc2c(-c3ccc(F)cc3)nc3n2CCN(C(=O)[C@@H](O)CCc2ccccc2)C3)cc1.S. The monoisotopic (exact) mass is 518 g/mol. The first-order chi connectivity index (χ1) is 17.5. The van der Waals surface area contributed by atoms with Crippen molar-refractivity contribution in [1.82, 2.24) is 14.5 Å². The molecule has 37 heavy (non-hydrogen) atoms. The molecule has 4 aromatic rings. The molecule has 6 nitrogen and oxygen atoms in total. The van der Waals surface area contributed by atoms with Crippen molar-refractivity contribution in [3.8, 4) is 11.3 Å². The van der Waals surface area contributed by atoms with Crippen LogP contribution in [0.3, 0.4) is 0 Å². The molecule has 5 rings (SSSR count). The molecular formula is C29H31FN4O2S. The Labute approximate surface area is 223 Å². The molecule has 0 fully saturated rings. The third-order valence-electron chi connectivity index (χ3n) is 6.55. The van der Waals surface area contributed by atoms with Gasteiger partial charge in [0.15, 0.2) is 0 Å². The minimum Gasteiger partial charge on any atom is -0.383 e. The summed E-state index contributed by atoms with van der Waals surface area (Å²) in [5, 5.41) is 14.1. The lowest BCUT2D eigenvalue weighted by molar-refractivity contribution is -0.142. The number of carbonyl (C=O) groups excluding carboxylic acids is 1. The van der Waals surface area contributed by atoms with Gasteiger partial charge in [0.2, 0.25) is 0 Å². The van der Waals surface area contributed by atoms with E-state index in [4.69, 9.17) is 4.98 Å². The number of aromatic nitrogens is 2. The molecule has 2 N–H and O–H groups in total. The van der Waals surface area contributed by atoms with Gasteiger partial charge < -0.3 is 19.9 Å². The van der Waals surface area contributed by atoms with Crippen molar-refractivity contribution in [2.45, 2.75) is 39.0 Å². The third kappa shape index (κ3) is 6.03. The van der Waals surface area contributed by atoms with E-state index < -0.39 is 6.10 Å². The van der Waals surface area contributed by atoms with Crippen LogP contribution < -0.4 is 5.32 Å². The molecule has 8 heteroatoms. The number of nitrogens with zero attached hydrogens (tertiary/aromatic N) is 3. The van der Waals surface area contributed by atoms with E-state index in [1.807, 2.05) is 61.5 Å². The van der Waals surface area contributed by atoms with Crippen LogP contribution in [0.5, 0.6) is 0 Å². The fourth-order valence-electron chi connectivity index (χ4n) is 4.51. The topological polar surface area (TPSA) is 70.4 Å². The maximum absolute atomic E-state index is 13.6. The number of fused-ring (bicyclic) bond motifs is 1. The summed E-state index contributed by atoms with van der Waals surface area (Å²) in [5.41, 5.74) is 4.66. The highest BCUT2D eigenvalue weighted by Crippen LogP contribution is 2.33. The summed E-state index contributed by atoms with van der Waals surface area (Å²) in [6, 6.07) is 24.2. The van der Waals surface area contributed by atoms with Crippen LogP contribution in [0.1, 0.15) is 23.4 Å². The molecule has 0 aliphatic carbocycles. The zero-order chi connectivity index (χ0) is 25.1. The molecule has 0 spiro atoms. The van der Waals surface area contributed by atoms with Gasteiger partial charge >= 0.3 is 0 Å². The number of aliphatic hydroxyl groups excluding tert-OH is 1. The van der Waals surface area contributed by atoms with Crippen LogP contribution in [-0.4, -0.2) is 38.1 Å². The number of anilines is 2. The first-order valence-electron chi connectivity index (χ1n) is 12.2. The molecule has 0 bridgehead atoms. The molecular weight excluding hydrogens is 487 g/mol. The summed E-state index contributed by atoms with van der Waals surface area (Å²) in [5.74, 6) is 0.935. The third-order valence-corrected chi connectivity index (χ3v) is 6.55. The van der Waals surface area contributed by atoms with Gasteiger partial charge in [-0.2, -0.15) is 13.5 Å². The molecule has 3 aromatic carbocycles. The van der Waals surface area contributed by atoms with Gasteiger partial charge in [0.05, 0.1) is 6.54 Å². The lowest BCUT2D eigenvalue weighted by Gasteiger charge is -2.30. The lowest BCUT2D eigenvalue weighted by atomic mass is 10.1. The summed E-state index contributed by atoms with van der Waals surface area (Å²) in [4.78, 5) is 19.6. The summed E-state index contributed by atoms with van der Waals surface area (Å²) >= 11 is 0. The Morgan fingerprint density at radius 2 is 1.73 bits per heavy atom. The average Bonchev–Trinajstić information content (AvgIpc) is 3.26. The van der Waals surface area contributed by atoms with Crippen molar-refractivity contribution < 1.29 is 14.3 Å². The van der Waals surface area contributed by atoms with Crippen molar-refractivity contribution in [3.63, 3.8) is 0 Å². The van der Waals surface area contributed by atoms with Gasteiger partial charge in [-0.25, -0.2) is 9.37 Å². The van der Waals surface area contributed by atoms with E-state index in [9.17, 15) is 14.3 Å². The van der Waals surface area contributed by atoms with Gasteiger partial charge in [-0.3, -0.25) is 4.79 Å². The Hall–Kier alpha value is -3.62. The number of nitrogens with one attached hydrogen (secondary N) is 1. The van der Waals surface area contributed by atoms with E-state index in [1.165, 1.54) is 12.1 Å². The maximum Gasteiger partial charge on any atom is 0.251 e. The largest absolute Gasteiger partial charge is 0.383 e. The van der Waals surface area contributed by atoms with E-state index in [0.717, 1.165) is 34.0 Å². The summed E-state index contributed by atoms with van der Waals surface area (Å²) in [6.07, 6.45) is -0.0573. The second kappa shape index (κ2) is 11.6. The van der Waals surface area contributed by atoms with Crippen molar-refractivity contribution in [2.24, 2.45) is 0 Å². The highest BCUT2D eigenvalue weighted by molar-refractivity contribution is 7.59. The number of hydrogen-bond donors (Lipinski definition) is 2. The van der Waals surface area contributed by atoms with E-state index in [0.29, 0.717) is 38.2 Å². The minimum absolute atomic E-state index is 0. The first kappa shape index (κ1) is 26.4. The quantitative estimate of drug-likeness (QED) is 0.353. The van der Waals surface area contributed by atoms with Crippen LogP contribution in [0.4, 0.5) is 15.9 Å². The van der Waals surface area contributed by atoms with Crippen LogP contribution in [0, 0.1) is 12.7 Å². The first-order valence-corrected chi connectivity index (χ1v) is 12.2. The normalized spacial score (nSPS) is 13.4. The number of hydrogen-bond acceptors (Lipinski definition) is 4. The van der Waals surface area contributed by atoms with Crippen LogP contribution in [0.2, 0.25) is 0 Å². The van der Waals surface area contributed by atoms with E-state index in [-0.39, 0.29) is 25.2 Å². The smallest absolute Gasteiger partial charge is 0.251 e. The number of imidazole rings is 1. The maximum atomic E-state index is 13.6. The van der Waals surface area contributed by atoms with Crippen molar-refractivity contribution >= 4 is 30.9 Å². The van der Waals surface area contributed by atoms with Crippen LogP contribution >= 0.6 is 13.5 Å². The fourth-order valence-corrected chi connectivity index (χ4v) is 4.51. The molecule has 0 radical (unpaired) electrons. The van der Waals surface area contributed by atoms with Crippen molar-refractivity contribution in [2.75, 3.05) is 11.9 Å². The molecule has 2 heterocycles. The zero-order valence-corrected chi connectivity index (χ0v) is 21.7. The molecule has 0 saturated heterocycles. The number of benzene rings is 3. The van der Waals surface area contributed by atoms with Crippen molar-refractivity contribution in [1.29, 1.82) is 0 Å². The second-order valence-electron chi connectivity index (χ2n) is 9.17. The molecule has 1 aliphatic heterocycles. The molecule has 1 amide bonds. The van der Waals surface area contributed by atoms with Gasteiger partial charge in [-0.05, 0) is 61.7 Å². The van der Waals surface area contributed by atoms with E-state index in [1.54, 1.807) is 17.0 Å². The number of aryl methyl sites for hydroxylation is 2. The number of rotatable bonds is 7. The lowest BCUT2D eigenvalue weighted by Crippen LogP contribution is -2.44. The predicted molar refractivity (Wildman–Crippen MR) is 149 cm³/mol. The predicted octanol–water partition coefficient (Wildman–Crippen LogP) is 5.19. The van der Waals surface area contributed by atoms with Gasteiger partial charge in [-0.15, -0.1) is 0 Å². The second-order valence-corrected chi connectivity index (χ2v) is 9.17. The summed E-state index contributed by atoms with van der Waals surface area (Å²) in [6.45, 7) is 3.34. The Bertz CT molecular complexity index is 1340. The molecule has 192 valence electrons. The summed E-state index contributed by atoms with van der Waals surface area (Å²) < 4.78 is 15.7. The highest BCUT2D eigenvalue weighted by Gasteiger charge is 2.29. The van der Waals surface area contributed by atoms with Crippen molar-refractivity contribution in [3.05, 3.63) is 102 Å². The van der Waals surface area contributed by atoms with Gasteiger partial charge in [-0.1, -0.05) is 48.0 Å². The average molecular weight is 519 g/mol.